The van der Waals surface area contributed by atoms with Crippen LogP contribution in [0.1, 0.15) is 11.3 Å². The fourth-order valence-electron chi connectivity index (χ4n) is 1.46. The van der Waals surface area contributed by atoms with E-state index in [4.69, 9.17) is 0 Å². The average Bonchev–Trinajstić information content (AvgIpc) is 2.48. The van der Waals surface area contributed by atoms with Crippen LogP contribution in [0.2, 0.25) is 0 Å². The van der Waals surface area contributed by atoms with E-state index < -0.39 is 11.9 Å². The highest BCUT2D eigenvalue weighted by molar-refractivity contribution is 5.83. The first-order chi connectivity index (χ1) is 6.48. The molecule has 0 atom stereocenters. The van der Waals surface area contributed by atoms with Crippen molar-refractivity contribution in [2.75, 3.05) is 0 Å². The highest BCUT2D eigenvalue weighted by atomic mass is 19.4. The van der Waals surface area contributed by atoms with Crippen molar-refractivity contribution in [2.45, 2.75) is 13.1 Å². The zero-order chi connectivity index (χ0) is 10.3. The van der Waals surface area contributed by atoms with Crippen LogP contribution in [0.15, 0.2) is 24.3 Å². The van der Waals surface area contributed by atoms with Crippen LogP contribution in [-0.2, 0) is 6.18 Å². The minimum absolute atomic E-state index is 0.525. The van der Waals surface area contributed by atoms with Gasteiger partial charge in [-0.05, 0) is 24.6 Å². The number of aromatic nitrogens is 1. The van der Waals surface area contributed by atoms with Crippen molar-refractivity contribution in [3.63, 3.8) is 0 Å². The lowest BCUT2D eigenvalue weighted by Crippen LogP contribution is -2.04. The molecule has 0 aliphatic rings. The van der Waals surface area contributed by atoms with Gasteiger partial charge >= 0.3 is 6.18 Å². The molecule has 74 valence electrons. The summed E-state index contributed by atoms with van der Waals surface area (Å²) in [7, 11) is 0. The van der Waals surface area contributed by atoms with Crippen molar-refractivity contribution in [1.29, 1.82) is 0 Å². The number of rotatable bonds is 0. The van der Waals surface area contributed by atoms with E-state index in [2.05, 4.69) is 4.98 Å². The summed E-state index contributed by atoms with van der Waals surface area (Å²) in [6, 6.07) is 6.30. The van der Waals surface area contributed by atoms with Crippen molar-refractivity contribution in [1.82, 2.24) is 4.98 Å². The normalized spacial score (nSPS) is 12.3. The zero-order valence-electron chi connectivity index (χ0n) is 7.44. The standard InChI is InChI=1S/C10H8F3N/c1-6-3-2-4-8-7(6)5-9(14-8)10(11,12)13/h2-5,14H,1H3. The Balaban J connectivity index is 2.69. The topological polar surface area (TPSA) is 15.8 Å². The highest BCUT2D eigenvalue weighted by Crippen LogP contribution is 2.31. The Morgan fingerprint density at radius 1 is 1.21 bits per heavy atom. The number of nitrogens with one attached hydrogen (secondary N) is 1. The summed E-state index contributed by atoms with van der Waals surface area (Å²) < 4.78 is 37.0. The third kappa shape index (κ3) is 1.36. The number of alkyl halides is 3. The van der Waals surface area contributed by atoms with Crippen molar-refractivity contribution < 1.29 is 13.2 Å². The lowest BCUT2D eigenvalue weighted by Gasteiger charge is -2.00. The van der Waals surface area contributed by atoms with Gasteiger partial charge < -0.3 is 4.98 Å². The zero-order valence-corrected chi connectivity index (χ0v) is 7.44. The van der Waals surface area contributed by atoms with Crippen molar-refractivity contribution in [2.24, 2.45) is 0 Å². The predicted molar refractivity (Wildman–Crippen MR) is 48.0 cm³/mol. The van der Waals surface area contributed by atoms with Crippen LogP contribution in [-0.4, -0.2) is 4.98 Å². The minimum Gasteiger partial charge on any atom is -0.351 e. The summed E-state index contributed by atoms with van der Waals surface area (Å²) in [5, 5.41) is 0.625. The lowest BCUT2D eigenvalue weighted by molar-refractivity contribution is -0.140. The van der Waals surface area contributed by atoms with Crippen LogP contribution in [0.4, 0.5) is 13.2 Å². The van der Waals surface area contributed by atoms with Gasteiger partial charge in [-0.2, -0.15) is 13.2 Å². The second-order valence-electron chi connectivity index (χ2n) is 3.22. The lowest BCUT2D eigenvalue weighted by atomic mass is 10.1. The van der Waals surface area contributed by atoms with Gasteiger partial charge in [0.25, 0.3) is 0 Å². The number of benzene rings is 1. The molecule has 1 N–H and O–H groups in total. The molecule has 4 heteroatoms. The molecule has 1 aromatic carbocycles. The molecule has 1 nitrogen and oxygen atoms in total. The van der Waals surface area contributed by atoms with Crippen molar-refractivity contribution in [3.05, 3.63) is 35.5 Å². The third-order valence-corrected chi connectivity index (χ3v) is 2.19. The third-order valence-electron chi connectivity index (χ3n) is 2.19. The Morgan fingerprint density at radius 3 is 2.50 bits per heavy atom. The Kier molecular flexibility index (Phi) is 1.80. The summed E-state index contributed by atoms with van der Waals surface area (Å²) in [6.45, 7) is 1.79. The number of halogens is 3. The molecule has 0 spiro atoms. The molecule has 1 aromatic heterocycles. The SMILES string of the molecule is Cc1cccc2[nH]c(C(F)(F)F)cc12. The Labute approximate surface area is 78.5 Å². The van der Waals surface area contributed by atoms with Crippen LogP contribution < -0.4 is 0 Å². The van der Waals surface area contributed by atoms with Gasteiger partial charge in [0, 0.05) is 10.9 Å². The Hall–Kier alpha value is -1.45. The smallest absolute Gasteiger partial charge is 0.351 e. The summed E-state index contributed by atoms with van der Waals surface area (Å²) >= 11 is 0. The molecule has 0 saturated carbocycles. The first-order valence-electron chi connectivity index (χ1n) is 4.14. The molecule has 1 heterocycles. The summed E-state index contributed by atoms with van der Waals surface area (Å²) in [6.07, 6.45) is -4.30. The predicted octanol–water partition coefficient (Wildman–Crippen LogP) is 3.50. The Morgan fingerprint density at radius 2 is 1.93 bits per heavy atom. The molecule has 14 heavy (non-hydrogen) atoms. The summed E-state index contributed by atoms with van der Waals surface area (Å²) in [5.41, 5.74) is 0.674. The van der Waals surface area contributed by atoms with Crippen LogP contribution in [0.3, 0.4) is 0 Å². The minimum atomic E-state index is -4.30. The second kappa shape index (κ2) is 2.77. The molecule has 0 bridgehead atoms. The quantitative estimate of drug-likeness (QED) is 0.668. The Bertz CT molecular complexity index is 468. The van der Waals surface area contributed by atoms with E-state index in [9.17, 15) is 13.2 Å². The first kappa shape index (κ1) is 9.12. The van der Waals surface area contributed by atoms with Gasteiger partial charge in [0.2, 0.25) is 0 Å². The van der Waals surface area contributed by atoms with Gasteiger partial charge in [-0.25, -0.2) is 0 Å². The maximum Gasteiger partial charge on any atom is 0.431 e. The number of hydrogen-bond acceptors (Lipinski definition) is 0. The number of hydrogen-bond donors (Lipinski definition) is 1. The maximum atomic E-state index is 12.3. The van der Waals surface area contributed by atoms with Crippen molar-refractivity contribution >= 4 is 10.9 Å². The van der Waals surface area contributed by atoms with Crippen LogP contribution >= 0.6 is 0 Å². The van der Waals surface area contributed by atoms with Gasteiger partial charge in [0.05, 0.1) is 0 Å². The number of H-pyrrole nitrogens is 1. The summed E-state index contributed by atoms with van der Waals surface area (Å²) in [4.78, 5) is 2.35. The van der Waals surface area contributed by atoms with Gasteiger partial charge in [-0.15, -0.1) is 0 Å². The van der Waals surface area contributed by atoms with Crippen LogP contribution in [0.25, 0.3) is 10.9 Å². The summed E-state index contributed by atoms with van der Waals surface area (Å²) in [5.74, 6) is 0. The van der Waals surface area contributed by atoms with E-state index in [-0.39, 0.29) is 0 Å². The van der Waals surface area contributed by atoms with E-state index in [1.807, 2.05) is 0 Å². The van der Waals surface area contributed by atoms with Crippen LogP contribution in [0.5, 0.6) is 0 Å². The largest absolute Gasteiger partial charge is 0.431 e. The second-order valence-corrected chi connectivity index (χ2v) is 3.22. The van der Waals surface area contributed by atoms with Gasteiger partial charge in [0.15, 0.2) is 0 Å². The molecule has 0 aliphatic carbocycles. The number of fused-ring (bicyclic) bond motifs is 1. The van der Waals surface area contributed by atoms with E-state index in [1.54, 1.807) is 25.1 Å². The molecule has 2 aromatic rings. The molecule has 2 rings (SSSR count). The van der Waals surface area contributed by atoms with E-state index in [0.29, 0.717) is 10.9 Å². The highest BCUT2D eigenvalue weighted by Gasteiger charge is 2.32. The van der Waals surface area contributed by atoms with Crippen LogP contribution in [0, 0.1) is 6.92 Å². The van der Waals surface area contributed by atoms with E-state index in [0.717, 1.165) is 11.6 Å². The maximum absolute atomic E-state index is 12.3. The molecule has 0 unspecified atom stereocenters. The molecule has 0 radical (unpaired) electrons. The fraction of sp³-hybridized carbons (Fsp3) is 0.200. The fourth-order valence-corrected chi connectivity index (χ4v) is 1.46. The average molecular weight is 199 g/mol. The molecule has 0 amide bonds. The molecule has 0 fully saturated rings. The van der Waals surface area contributed by atoms with E-state index >= 15 is 0 Å². The molecular weight excluding hydrogens is 191 g/mol. The monoisotopic (exact) mass is 199 g/mol. The number of aromatic amines is 1. The van der Waals surface area contributed by atoms with E-state index in [1.165, 1.54) is 0 Å². The molecule has 0 saturated heterocycles. The number of aryl methyl sites for hydroxylation is 1. The van der Waals surface area contributed by atoms with Gasteiger partial charge in [0.1, 0.15) is 5.69 Å². The first-order valence-corrected chi connectivity index (χ1v) is 4.14. The van der Waals surface area contributed by atoms with Crippen molar-refractivity contribution in [3.8, 4) is 0 Å². The van der Waals surface area contributed by atoms with Gasteiger partial charge in [-0.1, -0.05) is 12.1 Å². The molecular formula is C10H8F3N. The van der Waals surface area contributed by atoms with Gasteiger partial charge in [-0.3, -0.25) is 0 Å². The molecule has 0 aliphatic heterocycles.